The third-order valence-corrected chi connectivity index (χ3v) is 7.13. The number of nitrogens with one attached hydrogen (secondary N) is 1. The average molecular weight is 417 g/mol. The topological polar surface area (TPSA) is 75.7 Å². The Labute approximate surface area is 172 Å². The summed E-state index contributed by atoms with van der Waals surface area (Å²) >= 11 is 0. The van der Waals surface area contributed by atoms with Crippen molar-refractivity contribution in [2.75, 3.05) is 25.0 Å². The molecule has 1 amide bonds. The minimum atomic E-state index is -3.61. The molecule has 1 aliphatic rings. The first kappa shape index (κ1) is 21.3. The number of anilines is 1. The van der Waals surface area contributed by atoms with Crippen LogP contribution in [0.15, 0.2) is 47.4 Å². The molecule has 0 aromatic heterocycles. The molecule has 6 nitrogen and oxygen atoms in total. The Morgan fingerprint density at radius 1 is 1.17 bits per heavy atom. The zero-order chi connectivity index (χ0) is 21.0. The van der Waals surface area contributed by atoms with Crippen molar-refractivity contribution in [3.8, 4) is 5.75 Å². The van der Waals surface area contributed by atoms with Gasteiger partial charge in [-0.3, -0.25) is 4.79 Å². The summed E-state index contributed by atoms with van der Waals surface area (Å²) < 4.78 is 33.0. The summed E-state index contributed by atoms with van der Waals surface area (Å²) in [6.07, 6.45) is 1.71. The van der Waals surface area contributed by atoms with Crippen molar-refractivity contribution in [2.24, 2.45) is 5.92 Å². The van der Waals surface area contributed by atoms with E-state index in [0.29, 0.717) is 42.6 Å². The number of ether oxygens (including phenoxy) is 1. The van der Waals surface area contributed by atoms with E-state index >= 15 is 0 Å². The lowest BCUT2D eigenvalue weighted by atomic mass is 10.0. The molecule has 2 aromatic rings. The lowest BCUT2D eigenvalue weighted by Crippen LogP contribution is -2.38. The Balaban J connectivity index is 1.83. The van der Waals surface area contributed by atoms with Crippen LogP contribution in [0.3, 0.4) is 0 Å². The molecule has 1 heterocycles. The Bertz CT molecular complexity index is 980. The van der Waals surface area contributed by atoms with Crippen LogP contribution in [0.25, 0.3) is 0 Å². The van der Waals surface area contributed by atoms with Crippen LogP contribution in [-0.4, -0.2) is 38.3 Å². The number of aryl methyl sites for hydroxylation is 1. The molecule has 0 aliphatic carbocycles. The van der Waals surface area contributed by atoms with Gasteiger partial charge in [0, 0.05) is 30.4 Å². The zero-order valence-electron chi connectivity index (χ0n) is 17.1. The van der Waals surface area contributed by atoms with E-state index in [4.69, 9.17) is 4.74 Å². The summed E-state index contributed by atoms with van der Waals surface area (Å²) in [5.74, 6) is 0.853. The number of carbonyl (C=O) groups excluding carboxylic acids is 1. The smallest absolute Gasteiger partial charge is 0.255 e. The van der Waals surface area contributed by atoms with Crippen molar-refractivity contribution in [1.82, 2.24) is 4.31 Å². The van der Waals surface area contributed by atoms with Gasteiger partial charge in [0.15, 0.2) is 0 Å². The van der Waals surface area contributed by atoms with Gasteiger partial charge in [-0.2, -0.15) is 4.31 Å². The van der Waals surface area contributed by atoms with Gasteiger partial charge in [-0.15, -0.1) is 0 Å². The third kappa shape index (κ3) is 4.97. The Morgan fingerprint density at radius 3 is 2.59 bits per heavy atom. The van der Waals surface area contributed by atoms with Crippen LogP contribution in [0.2, 0.25) is 0 Å². The van der Waals surface area contributed by atoms with E-state index in [1.807, 2.05) is 13.0 Å². The first-order chi connectivity index (χ1) is 13.8. The van der Waals surface area contributed by atoms with Crippen LogP contribution in [0.5, 0.6) is 5.75 Å². The predicted molar refractivity (Wildman–Crippen MR) is 114 cm³/mol. The zero-order valence-corrected chi connectivity index (χ0v) is 18.0. The van der Waals surface area contributed by atoms with Gasteiger partial charge in [0.25, 0.3) is 5.91 Å². The highest BCUT2D eigenvalue weighted by atomic mass is 32.2. The van der Waals surface area contributed by atoms with Gasteiger partial charge >= 0.3 is 0 Å². The second-order valence-corrected chi connectivity index (χ2v) is 9.42. The van der Waals surface area contributed by atoms with Gasteiger partial charge < -0.3 is 10.1 Å². The van der Waals surface area contributed by atoms with E-state index in [0.717, 1.165) is 18.4 Å². The maximum Gasteiger partial charge on any atom is 0.255 e. The monoisotopic (exact) mass is 416 g/mol. The van der Waals surface area contributed by atoms with Crippen molar-refractivity contribution in [1.29, 1.82) is 0 Å². The maximum absolute atomic E-state index is 13.0. The van der Waals surface area contributed by atoms with E-state index in [2.05, 4.69) is 12.2 Å². The van der Waals surface area contributed by atoms with Crippen molar-refractivity contribution in [3.63, 3.8) is 0 Å². The number of piperidine rings is 1. The molecule has 29 heavy (non-hydrogen) atoms. The number of amides is 1. The number of hydrogen-bond acceptors (Lipinski definition) is 4. The first-order valence-electron chi connectivity index (χ1n) is 9.96. The van der Waals surface area contributed by atoms with E-state index in [9.17, 15) is 13.2 Å². The fraction of sp³-hybridized carbons (Fsp3) is 0.409. The fourth-order valence-electron chi connectivity index (χ4n) is 3.41. The highest BCUT2D eigenvalue weighted by molar-refractivity contribution is 7.89. The molecule has 3 rings (SSSR count). The number of sulfonamides is 1. The maximum atomic E-state index is 13.0. The number of nitrogens with zero attached hydrogens (tertiary/aromatic N) is 1. The molecule has 0 unspecified atom stereocenters. The largest absolute Gasteiger partial charge is 0.494 e. The molecule has 0 radical (unpaired) electrons. The normalized spacial score (nSPS) is 15.8. The summed E-state index contributed by atoms with van der Waals surface area (Å²) in [7, 11) is -3.61. The van der Waals surface area contributed by atoms with Crippen molar-refractivity contribution >= 4 is 21.6 Å². The van der Waals surface area contributed by atoms with Gasteiger partial charge in [-0.1, -0.05) is 19.1 Å². The molecule has 0 saturated carbocycles. The van der Waals surface area contributed by atoms with E-state index in [1.54, 1.807) is 37.3 Å². The molecule has 0 atom stereocenters. The van der Waals surface area contributed by atoms with Crippen LogP contribution >= 0.6 is 0 Å². The van der Waals surface area contributed by atoms with E-state index in [-0.39, 0.29) is 10.8 Å². The SMILES string of the molecule is CCOc1cccc(NC(=O)c2cc(S(=O)(=O)N3CCC(C)CC3)ccc2C)c1. The molecule has 1 saturated heterocycles. The van der Waals surface area contributed by atoms with Gasteiger partial charge in [0.05, 0.1) is 11.5 Å². The molecule has 0 bridgehead atoms. The standard InChI is InChI=1S/C22H28N2O4S/c1-4-28-19-7-5-6-18(14-19)23-22(25)21-15-20(9-8-17(21)3)29(26,27)24-12-10-16(2)11-13-24/h5-9,14-16H,4,10-13H2,1-3H3,(H,23,25). The minimum Gasteiger partial charge on any atom is -0.494 e. The molecule has 1 fully saturated rings. The number of benzene rings is 2. The van der Waals surface area contributed by atoms with Crippen LogP contribution in [0.1, 0.15) is 42.6 Å². The summed E-state index contributed by atoms with van der Waals surface area (Å²) in [6.45, 7) is 7.39. The van der Waals surface area contributed by atoms with Gasteiger partial charge in [0.1, 0.15) is 5.75 Å². The molecule has 0 spiro atoms. The van der Waals surface area contributed by atoms with Crippen LogP contribution in [0.4, 0.5) is 5.69 Å². The minimum absolute atomic E-state index is 0.158. The quantitative estimate of drug-likeness (QED) is 0.770. The summed E-state index contributed by atoms with van der Waals surface area (Å²) in [4.78, 5) is 13.0. The second kappa shape index (κ2) is 8.97. The lowest BCUT2D eigenvalue weighted by molar-refractivity contribution is 0.102. The van der Waals surface area contributed by atoms with Crippen molar-refractivity contribution in [2.45, 2.75) is 38.5 Å². The van der Waals surface area contributed by atoms with Crippen LogP contribution in [0, 0.1) is 12.8 Å². The van der Waals surface area contributed by atoms with Crippen molar-refractivity contribution in [3.05, 3.63) is 53.6 Å². The molecule has 2 aromatic carbocycles. The van der Waals surface area contributed by atoms with Crippen LogP contribution < -0.4 is 10.1 Å². The molecule has 1 aliphatic heterocycles. The Morgan fingerprint density at radius 2 is 1.90 bits per heavy atom. The molecular formula is C22H28N2O4S. The fourth-order valence-corrected chi connectivity index (χ4v) is 4.91. The third-order valence-electron chi connectivity index (χ3n) is 5.24. The molecule has 156 valence electrons. The number of hydrogen-bond donors (Lipinski definition) is 1. The first-order valence-corrected chi connectivity index (χ1v) is 11.4. The van der Waals surface area contributed by atoms with E-state index < -0.39 is 10.0 Å². The van der Waals surface area contributed by atoms with Gasteiger partial charge in [-0.25, -0.2) is 8.42 Å². The summed E-state index contributed by atoms with van der Waals surface area (Å²) in [6, 6.07) is 11.9. The second-order valence-electron chi connectivity index (χ2n) is 7.48. The molecule has 1 N–H and O–H groups in total. The van der Waals surface area contributed by atoms with Crippen LogP contribution in [-0.2, 0) is 10.0 Å². The number of carbonyl (C=O) groups is 1. The summed E-state index contributed by atoms with van der Waals surface area (Å²) in [5.41, 5.74) is 1.66. The lowest BCUT2D eigenvalue weighted by Gasteiger charge is -2.29. The highest BCUT2D eigenvalue weighted by Gasteiger charge is 2.29. The van der Waals surface area contributed by atoms with E-state index in [1.165, 1.54) is 10.4 Å². The van der Waals surface area contributed by atoms with Gasteiger partial charge in [-0.05, 0) is 62.4 Å². The van der Waals surface area contributed by atoms with Gasteiger partial charge in [0.2, 0.25) is 10.0 Å². The molecular weight excluding hydrogens is 388 g/mol. The Hall–Kier alpha value is -2.38. The van der Waals surface area contributed by atoms with Crippen molar-refractivity contribution < 1.29 is 17.9 Å². The highest BCUT2D eigenvalue weighted by Crippen LogP contribution is 2.25. The predicted octanol–water partition coefficient (Wildman–Crippen LogP) is 4.07. The average Bonchev–Trinajstić information content (AvgIpc) is 2.69. The summed E-state index contributed by atoms with van der Waals surface area (Å²) in [5, 5.41) is 2.83. The molecule has 7 heteroatoms. The Kier molecular flexibility index (Phi) is 6.59. The number of rotatable bonds is 6.